The minimum Gasteiger partial charge on any atom is -0.507 e. The molecule has 2 N–H and O–H groups in total. The number of phenolic OH excluding ortho intramolecular Hbond substituents is 1. The number of halogens is 4. The second-order valence-corrected chi connectivity index (χ2v) is 5.49. The van der Waals surface area contributed by atoms with Crippen LogP contribution in [0.5, 0.6) is 5.75 Å². The molecule has 114 valence electrons. The molecule has 1 heterocycles. The highest BCUT2D eigenvalue weighted by atomic mass is 79.9. The predicted molar refractivity (Wildman–Crippen MR) is 80.9 cm³/mol. The van der Waals surface area contributed by atoms with Crippen LogP contribution >= 0.6 is 28.3 Å². The highest BCUT2D eigenvalue weighted by molar-refractivity contribution is 9.10. The molecule has 0 bridgehead atoms. The summed E-state index contributed by atoms with van der Waals surface area (Å²) in [6.45, 7) is 3.16. The Morgan fingerprint density at radius 3 is 2.50 bits per heavy atom. The fraction of sp³-hybridized carbons (Fsp3) is 0.538. The first-order chi connectivity index (χ1) is 9.08. The van der Waals surface area contributed by atoms with Gasteiger partial charge in [-0.2, -0.15) is 0 Å². The van der Waals surface area contributed by atoms with E-state index in [2.05, 4.69) is 26.1 Å². The molecule has 1 aromatic rings. The SMILES string of the molecule is Cl.Oc1ccc([C@@H](CC(F)F)N2CCNCC2)cc1Br. The van der Waals surface area contributed by atoms with Crippen molar-refractivity contribution in [3.05, 3.63) is 28.2 Å². The van der Waals surface area contributed by atoms with E-state index in [9.17, 15) is 13.9 Å². The fourth-order valence-corrected chi connectivity index (χ4v) is 2.79. The lowest BCUT2D eigenvalue weighted by Crippen LogP contribution is -2.45. The van der Waals surface area contributed by atoms with Crippen LogP contribution in [0.2, 0.25) is 0 Å². The van der Waals surface area contributed by atoms with E-state index in [0.29, 0.717) is 4.47 Å². The van der Waals surface area contributed by atoms with Gasteiger partial charge >= 0.3 is 0 Å². The Hall–Kier alpha value is -0.430. The van der Waals surface area contributed by atoms with Gasteiger partial charge in [-0.05, 0) is 33.6 Å². The molecule has 0 saturated carbocycles. The van der Waals surface area contributed by atoms with Crippen molar-refractivity contribution in [3.8, 4) is 5.75 Å². The maximum Gasteiger partial charge on any atom is 0.240 e. The number of hydrogen-bond acceptors (Lipinski definition) is 3. The lowest BCUT2D eigenvalue weighted by molar-refractivity contribution is 0.0739. The van der Waals surface area contributed by atoms with Crippen molar-refractivity contribution in [3.63, 3.8) is 0 Å². The van der Waals surface area contributed by atoms with E-state index >= 15 is 0 Å². The first-order valence-corrected chi connectivity index (χ1v) is 7.08. The zero-order chi connectivity index (χ0) is 13.8. The zero-order valence-corrected chi connectivity index (χ0v) is 13.3. The second kappa shape index (κ2) is 8.12. The van der Waals surface area contributed by atoms with Crippen LogP contribution < -0.4 is 5.32 Å². The van der Waals surface area contributed by atoms with Gasteiger partial charge < -0.3 is 10.4 Å². The van der Waals surface area contributed by atoms with E-state index in [1.807, 2.05) is 0 Å². The van der Waals surface area contributed by atoms with Gasteiger partial charge in [-0.15, -0.1) is 12.4 Å². The van der Waals surface area contributed by atoms with Crippen molar-refractivity contribution >= 4 is 28.3 Å². The average Bonchev–Trinajstić information content (AvgIpc) is 2.40. The van der Waals surface area contributed by atoms with Gasteiger partial charge in [0.05, 0.1) is 4.47 Å². The summed E-state index contributed by atoms with van der Waals surface area (Å²) in [5, 5.41) is 12.7. The molecule has 3 nitrogen and oxygen atoms in total. The first kappa shape index (κ1) is 17.6. The van der Waals surface area contributed by atoms with Gasteiger partial charge in [-0.25, -0.2) is 8.78 Å². The van der Waals surface area contributed by atoms with Crippen molar-refractivity contribution in [2.45, 2.75) is 18.9 Å². The summed E-state index contributed by atoms with van der Waals surface area (Å²) >= 11 is 3.24. The summed E-state index contributed by atoms with van der Waals surface area (Å²) in [7, 11) is 0. The number of nitrogens with zero attached hydrogens (tertiary/aromatic N) is 1. The van der Waals surface area contributed by atoms with E-state index < -0.39 is 6.43 Å². The molecule has 0 aromatic heterocycles. The van der Waals surface area contributed by atoms with E-state index in [-0.39, 0.29) is 30.6 Å². The average molecular weight is 372 g/mol. The Labute approximate surface area is 131 Å². The van der Waals surface area contributed by atoms with Crippen LogP contribution in [0.15, 0.2) is 22.7 Å². The van der Waals surface area contributed by atoms with Crippen LogP contribution in [0.25, 0.3) is 0 Å². The third-order valence-corrected chi connectivity index (χ3v) is 3.99. The van der Waals surface area contributed by atoms with E-state index in [4.69, 9.17) is 0 Å². The van der Waals surface area contributed by atoms with Crippen molar-refractivity contribution in [2.75, 3.05) is 26.2 Å². The van der Waals surface area contributed by atoms with Crippen LogP contribution in [0, 0.1) is 0 Å². The molecule has 1 aliphatic rings. The molecular weight excluding hydrogens is 354 g/mol. The van der Waals surface area contributed by atoms with Crippen molar-refractivity contribution in [2.24, 2.45) is 0 Å². The first-order valence-electron chi connectivity index (χ1n) is 6.29. The molecule has 1 aromatic carbocycles. The summed E-state index contributed by atoms with van der Waals surface area (Å²) in [6, 6.07) is 4.68. The molecule has 1 saturated heterocycles. The number of benzene rings is 1. The minimum absolute atomic E-state index is 0. The Balaban J connectivity index is 0.00000200. The van der Waals surface area contributed by atoms with Crippen LogP contribution in [0.3, 0.4) is 0 Å². The number of nitrogens with one attached hydrogen (secondary N) is 1. The Bertz CT molecular complexity index is 431. The molecule has 1 aliphatic heterocycles. The molecule has 0 radical (unpaired) electrons. The van der Waals surface area contributed by atoms with Crippen LogP contribution in [-0.2, 0) is 0 Å². The lowest BCUT2D eigenvalue weighted by atomic mass is 10.0. The third kappa shape index (κ3) is 4.55. The van der Waals surface area contributed by atoms with Gasteiger partial charge in [0.25, 0.3) is 0 Å². The van der Waals surface area contributed by atoms with Gasteiger partial charge in [0.15, 0.2) is 0 Å². The van der Waals surface area contributed by atoms with Gasteiger partial charge in [-0.3, -0.25) is 4.90 Å². The molecule has 0 unspecified atom stereocenters. The molecule has 0 aliphatic carbocycles. The molecule has 1 fully saturated rings. The van der Waals surface area contributed by atoms with Gasteiger partial charge in [-0.1, -0.05) is 6.07 Å². The highest BCUT2D eigenvalue weighted by Gasteiger charge is 2.25. The molecule has 7 heteroatoms. The predicted octanol–water partition coefficient (Wildman–Crippen LogP) is 3.18. The Morgan fingerprint density at radius 1 is 1.30 bits per heavy atom. The number of phenols is 1. The smallest absolute Gasteiger partial charge is 0.240 e. The summed E-state index contributed by atoms with van der Waals surface area (Å²) in [4.78, 5) is 2.07. The summed E-state index contributed by atoms with van der Waals surface area (Å²) < 4.78 is 26.1. The maximum absolute atomic E-state index is 12.8. The lowest BCUT2D eigenvalue weighted by Gasteiger charge is -2.35. The van der Waals surface area contributed by atoms with Crippen LogP contribution in [0.1, 0.15) is 18.0 Å². The van der Waals surface area contributed by atoms with E-state index in [1.54, 1.807) is 18.2 Å². The Morgan fingerprint density at radius 2 is 1.95 bits per heavy atom. The molecular formula is C13H18BrClF2N2O. The minimum atomic E-state index is -2.34. The van der Waals surface area contributed by atoms with Crippen LogP contribution in [-0.4, -0.2) is 42.6 Å². The highest BCUT2D eigenvalue weighted by Crippen LogP contribution is 2.32. The topological polar surface area (TPSA) is 35.5 Å². The summed E-state index contributed by atoms with van der Waals surface area (Å²) in [6.07, 6.45) is -2.52. The Kier molecular flexibility index (Phi) is 7.15. The fourth-order valence-electron chi connectivity index (χ4n) is 2.39. The quantitative estimate of drug-likeness (QED) is 0.853. The molecule has 1 atom stereocenters. The van der Waals surface area contributed by atoms with Gasteiger partial charge in [0, 0.05) is 38.6 Å². The van der Waals surface area contributed by atoms with Gasteiger partial charge in [0.1, 0.15) is 5.75 Å². The molecule has 2 rings (SSSR count). The second-order valence-electron chi connectivity index (χ2n) is 4.64. The number of alkyl halides is 2. The number of rotatable bonds is 4. The maximum atomic E-state index is 12.8. The van der Waals surface area contributed by atoms with E-state index in [0.717, 1.165) is 31.7 Å². The number of aromatic hydroxyl groups is 1. The standard InChI is InChI=1S/C13H17BrF2N2O.ClH/c14-10-7-9(1-2-12(10)19)11(8-13(15)16)18-5-3-17-4-6-18;/h1-2,7,11,13,17,19H,3-6,8H2;1H/t11-;/m1./s1. The zero-order valence-electron chi connectivity index (χ0n) is 10.9. The molecule has 20 heavy (non-hydrogen) atoms. The third-order valence-electron chi connectivity index (χ3n) is 3.35. The number of hydrogen-bond donors (Lipinski definition) is 2. The molecule has 0 spiro atoms. The molecule has 0 amide bonds. The van der Waals surface area contributed by atoms with Gasteiger partial charge in [0.2, 0.25) is 6.43 Å². The normalized spacial score (nSPS) is 17.8. The van der Waals surface area contributed by atoms with Crippen molar-refractivity contribution in [1.82, 2.24) is 10.2 Å². The van der Waals surface area contributed by atoms with Crippen molar-refractivity contribution < 1.29 is 13.9 Å². The summed E-state index contributed by atoms with van der Waals surface area (Å²) in [5.41, 5.74) is 0.812. The van der Waals surface area contributed by atoms with Crippen molar-refractivity contribution in [1.29, 1.82) is 0 Å². The number of piperazine rings is 1. The van der Waals surface area contributed by atoms with E-state index in [1.165, 1.54) is 0 Å². The largest absolute Gasteiger partial charge is 0.507 e. The monoisotopic (exact) mass is 370 g/mol. The van der Waals surface area contributed by atoms with Crippen LogP contribution in [0.4, 0.5) is 8.78 Å². The summed E-state index contributed by atoms with van der Waals surface area (Å²) in [5.74, 6) is 0.125.